The highest BCUT2D eigenvalue weighted by molar-refractivity contribution is 5.53. The van der Waals surface area contributed by atoms with Crippen LogP contribution in [-0.2, 0) is 0 Å². The number of hydrogen-bond acceptors (Lipinski definition) is 2. The van der Waals surface area contributed by atoms with Crippen LogP contribution in [0.5, 0.6) is 0 Å². The predicted octanol–water partition coefficient (Wildman–Crippen LogP) is 2.43. The molecule has 0 saturated carbocycles. The smallest absolute Gasteiger partial charge is 0.0367 e. The van der Waals surface area contributed by atoms with E-state index in [0.29, 0.717) is 0 Å². The molecule has 1 aliphatic heterocycles. The zero-order valence-corrected chi connectivity index (χ0v) is 8.37. The van der Waals surface area contributed by atoms with Crippen LogP contribution in [0.1, 0.15) is 12.8 Å². The van der Waals surface area contributed by atoms with E-state index in [1.807, 2.05) is 12.1 Å². The molecule has 1 aromatic rings. The van der Waals surface area contributed by atoms with Crippen molar-refractivity contribution in [2.75, 3.05) is 23.7 Å². The topological polar surface area (TPSA) is 29.3 Å². The van der Waals surface area contributed by atoms with Gasteiger partial charge in [-0.2, -0.15) is 0 Å². The summed E-state index contributed by atoms with van der Waals surface area (Å²) in [4.78, 5) is 2.38. The van der Waals surface area contributed by atoms with Crippen LogP contribution >= 0.6 is 0 Å². The van der Waals surface area contributed by atoms with E-state index in [-0.39, 0.29) is 0 Å². The summed E-state index contributed by atoms with van der Waals surface area (Å²) in [6, 6.07) is 8.09. The fraction of sp³-hybridized carbons (Fsp3) is 0.333. The Hall–Kier alpha value is -1.44. The van der Waals surface area contributed by atoms with Gasteiger partial charge < -0.3 is 10.6 Å². The molecule has 2 nitrogen and oxygen atoms in total. The van der Waals surface area contributed by atoms with Crippen LogP contribution in [0, 0.1) is 0 Å². The van der Waals surface area contributed by atoms with Crippen LogP contribution in [0.3, 0.4) is 0 Å². The lowest BCUT2D eigenvalue weighted by molar-refractivity contribution is 0.687. The van der Waals surface area contributed by atoms with Gasteiger partial charge in [-0.3, -0.25) is 0 Å². The van der Waals surface area contributed by atoms with Gasteiger partial charge in [0.2, 0.25) is 0 Å². The lowest BCUT2D eigenvalue weighted by Gasteiger charge is -2.30. The first-order valence-electron chi connectivity index (χ1n) is 5.03. The Kier molecular flexibility index (Phi) is 2.44. The van der Waals surface area contributed by atoms with Crippen molar-refractivity contribution in [2.45, 2.75) is 12.8 Å². The van der Waals surface area contributed by atoms with Gasteiger partial charge in [-0.15, -0.1) is 0 Å². The van der Waals surface area contributed by atoms with Gasteiger partial charge >= 0.3 is 0 Å². The van der Waals surface area contributed by atoms with E-state index in [1.54, 1.807) is 0 Å². The molecule has 0 amide bonds. The summed E-state index contributed by atoms with van der Waals surface area (Å²) in [6.45, 7) is 6.18. The molecule has 0 bridgehead atoms. The van der Waals surface area contributed by atoms with Crippen LogP contribution in [0.4, 0.5) is 11.4 Å². The SMILES string of the molecule is C=C1CCN(c2ccc(N)cc2)CC1. The second-order valence-corrected chi connectivity index (χ2v) is 3.83. The number of nitrogens with zero attached hydrogens (tertiary/aromatic N) is 1. The Morgan fingerprint density at radius 3 is 2.21 bits per heavy atom. The number of nitrogen functional groups attached to an aromatic ring is 1. The van der Waals surface area contributed by atoms with E-state index in [1.165, 1.54) is 11.3 Å². The van der Waals surface area contributed by atoms with Gasteiger partial charge in [0.25, 0.3) is 0 Å². The van der Waals surface area contributed by atoms with E-state index in [2.05, 4.69) is 23.6 Å². The quantitative estimate of drug-likeness (QED) is 0.541. The van der Waals surface area contributed by atoms with Crippen molar-refractivity contribution >= 4 is 11.4 Å². The zero-order valence-electron chi connectivity index (χ0n) is 8.37. The standard InChI is InChI=1S/C12H16N2/c1-10-6-8-14(9-7-10)12-4-2-11(13)3-5-12/h2-5H,1,6-9,13H2. The van der Waals surface area contributed by atoms with E-state index in [4.69, 9.17) is 5.73 Å². The van der Waals surface area contributed by atoms with E-state index < -0.39 is 0 Å². The van der Waals surface area contributed by atoms with Crippen LogP contribution in [-0.4, -0.2) is 13.1 Å². The van der Waals surface area contributed by atoms with Gasteiger partial charge in [0, 0.05) is 24.5 Å². The first-order chi connectivity index (χ1) is 6.75. The molecule has 2 N–H and O–H groups in total. The van der Waals surface area contributed by atoms with Crippen LogP contribution < -0.4 is 10.6 Å². The highest BCUT2D eigenvalue weighted by Crippen LogP contribution is 2.22. The fourth-order valence-corrected chi connectivity index (χ4v) is 1.77. The average molecular weight is 188 g/mol. The number of nitrogens with two attached hydrogens (primary N) is 1. The van der Waals surface area contributed by atoms with Gasteiger partial charge in [-0.05, 0) is 37.1 Å². The monoisotopic (exact) mass is 188 g/mol. The van der Waals surface area contributed by atoms with Crippen LogP contribution in [0.25, 0.3) is 0 Å². The van der Waals surface area contributed by atoms with Crippen molar-refractivity contribution < 1.29 is 0 Å². The fourth-order valence-electron chi connectivity index (χ4n) is 1.77. The van der Waals surface area contributed by atoms with Crippen molar-refractivity contribution in [3.05, 3.63) is 36.4 Å². The molecule has 1 aromatic carbocycles. The summed E-state index contributed by atoms with van der Waals surface area (Å²) in [5, 5.41) is 0. The Balaban J connectivity index is 2.08. The Labute approximate surface area is 85.0 Å². The lowest BCUT2D eigenvalue weighted by Crippen LogP contribution is -2.30. The van der Waals surface area contributed by atoms with Crippen LogP contribution in [0.15, 0.2) is 36.4 Å². The van der Waals surface area contributed by atoms with Crippen LogP contribution in [0.2, 0.25) is 0 Å². The molecule has 0 aromatic heterocycles. The number of hydrogen-bond donors (Lipinski definition) is 1. The maximum atomic E-state index is 5.65. The first-order valence-corrected chi connectivity index (χ1v) is 5.03. The number of rotatable bonds is 1. The molecular formula is C12H16N2. The van der Waals surface area contributed by atoms with E-state index in [0.717, 1.165) is 31.6 Å². The minimum atomic E-state index is 0.829. The molecule has 0 atom stereocenters. The second-order valence-electron chi connectivity index (χ2n) is 3.83. The second kappa shape index (κ2) is 3.74. The Bertz CT molecular complexity index is 317. The number of benzene rings is 1. The number of anilines is 2. The highest BCUT2D eigenvalue weighted by atomic mass is 15.1. The van der Waals surface area contributed by atoms with Gasteiger partial charge in [-0.1, -0.05) is 12.2 Å². The molecule has 0 spiro atoms. The summed E-state index contributed by atoms with van der Waals surface area (Å²) in [5.41, 5.74) is 9.12. The minimum absolute atomic E-state index is 0.829. The normalized spacial score (nSPS) is 17.1. The third kappa shape index (κ3) is 1.90. The van der Waals surface area contributed by atoms with Crippen molar-refractivity contribution in [2.24, 2.45) is 0 Å². The molecule has 2 heteroatoms. The van der Waals surface area contributed by atoms with Crippen molar-refractivity contribution in [3.8, 4) is 0 Å². The van der Waals surface area contributed by atoms with Crippen molar-refractivity contribution in [3.63, 3.8) is 0 Å². The Morgan fingerprint density at radius 2 is 1.64 bits per heavy atom. The summed E-state index contributed by atoms with van der Waals surface area (Å²) in [5.74, 6) is 0. The van der Waals surface area contributed by atoms with Gasteiger partial charge in [0.1, 0.15) is 0 Å². The molecule has 1 aliphatic rings. The molecule has 1 fully saturated rings. The largest absolute Gasteiger partial charge is 0.399 e. The number of piperidine rings is 1. The predicted molar refractivity (Wildman–Crippen MR) is 61.4 cm³/mol. The molecular weight excluding hydrogens is 172 g/mol. The maximum absolute atomic E-state index is 5.65. The molecule has 2 rings (SSSR count). The van der Waals surface area contributed by atoms with Crippen molar-refractivity contribution in [1.82, 2.24) is 0 Å². The molecule has 1 saturated heterocycles. The van der Waals surface area contributed by atoms with Crippen molar-refractivity contribution in [1.29, 1.82) is 0 Å². The van der Waals surface area contributed by atoms with Gasteiger partial charge in [0.15, 0.2) is 0 Å². The Morgan fingerprint density at radius 1 is 1.07 bits per heavy atom. The molecule has 0 unspecified atom stereocenters. The summed E-state index contributed by atoms with van der Waals surface area (Å²) in [7, 11) is 0. The third-order valence-electron chi connectivity index (χ3n) is 2.73. The third-order valence-corrected chi connectivity index (χ3v) is 2.73. The molecule has 1 heterocycles. The molecule has 0 radical (unpaired) electrons. The zero-order chi connectivity index (χ0) is 9.97. The van der Waals surface area contributed by atoms with Gasteiger partial charge in [0.05, 0.1) is 0 Å². The summed E-state index contributed by atoms with van der Waals surface area (Å²) in [6.07, 6.45) is 2.23. The molecule has 74 valence electrons. The lowest BCUT2D eigenvalue weighted by atomic mass is 10.1. The first kappa shape index (κ1) is 9.13. The average Bonchev–Trinajstić information content (AvgIpc) is 2.21. The molecule has 14 heavy (non-hydrogen) atoms. The maximum Gasteiger partial charge on any atom is 0.0367 e. The highest BCUT2D eigenvalue weighted by Gasteiger charge is 2.12. The molecule has 0 aliphatic carbocycles. The van der Waals surface area contributed by atoms with E-state index >= 15 is 0 Å². The van der Waals surface area contributed by atoms with Gasteiger partial charge in [-0.25, -0.2) is 0 Å². The summed E-state index contributed by atoms with van der Waals surface area (Å²) < 4.78 is 0. The minimum Gasteiger partial charge on any atom is -0.399 e. The summed E-state index contributed by atoms with van der Waals surface area (Å²) >= 11 is 0. The van der Waals surface area contributed by atoms with E-state index in [9.17, 15) is 0 Å².